The first-order valence-electron chi connectivity index (χ1n) is 6.40. The molecule has 0 saturated heterocycles. The van der Waals surface area contributed by atoms with Crippen LogP contribution in [0.2, 0.25) is 0 Å². The van der Waals surface area contributed by atoms with Gasteiger partial charge >= 0.3 is 0 Å². The Kier molecular flexibility index (Phi) is 6.21. The monoisotopic (exact) mass is 272 g/mol. The predicted octanol–water partition coefficient (Wildman–Crippen LogP) is 0.0547. The third-order valence-electron chi connectivity index (χ3n) is 3.02. The van der Waals surface area contributed by atoms with Gasteiger partial charge in [0, 0.05) is 0 Å². The molecule has 0 saturated carbocycles. The Morgan fingerprint density at radius 1 is 1.33 bits per heavy atom. The number of hydrogen-bond acceptors (Lipinski definition) is 4. The molecule has 0 fully saturated rings. The molecule has 0 unspecified atom stereocenters. The summed E-state index contributed by atoms with van der Waals surface area (Å²) in [6.45, 7) is 9.36. The fraction of sp³-hybridized carbons (Fsp3) is 0.667. The van der Waals surface area contributed by atoms with E-state index in [-0.39, 0.29) is 11.4 Å². The van der Waals surface area contributed by atoms with Crippen molar-refractivity contribution >= 4 is 11.8 Å². The second-order valence-corrected chi connectivity index (χ2v) is 5.17. The van der Waals surface area contributed by atoms with Crippen molar-refractivity contribution in [2.45, 2.75) is 32.3 Å². The number of H-pyrrole nitrogens is 1. The lowest BCUT2D eigenvalue weighted by Gasteiger charge is -2.14. The van der Waals surface area contributed by atoms with Crippen LogP contribution in [-0.2, 0) is 6.42 Å². The molecule has 0 aliphatic carbocycles. The van der Waals surface area contributed by atoms with E-state index in [0.29, 0.717) is 17.1 Å². The summed E-state index contributed by atoms with van der Waals surface area (Å²) < 4.78 is 0. The minimum atomic E-state index is -0.234. The molecule has 3 N–H and O–H groups in total. The number of thioether (sulfide) groups is 1. The Bertz CT molecular complexity index is 430. The Morgan fingerprint density at radius 3 is 2.50 bits per heavy atom. The van der Waals surface area contributed by atoms with Gasteiger partial charge in [-0.25, -0.2) is 0 Å². The summed E-state index contributed by atoms with van der Waals surface area (Å²) in [7, 11) is 0. The molecule has 1 aromatic heterocycles. The van der Waals surface area contributed by atoms with E-state index in [1.165, 1.54) is 16.7 Å². The number of quaternary nitrogens is 1. The van der Waals surface area contributed by atoms with Crippen LogP contribution < -0.4 is 10.5 Å². The number of aromatic nitrogens is 2. The van der Waals surface area contributed by atoms with Gasteiger partial charge in [-0.3, -0.25) is 4.79 Å². The van der Waals surface area contributed by atoms with E-state index in [4.69, 9.17) is 0 Å². The van der Waals surface area contributed by atoms with Gasteiger partial charge < -0.3 is 15.0 Å². The standard InChI is InChI=1S/C12H21N3O2S/c1-4-9-10(16)13-12(14-11(9)17)18-8-7-15(5-2)6-3/h4-8H2,1-3H3,(H2,13,14,16,17)/p+1. The van der Waals surface area contributed by atoms with Crippen molar-refractivity contribution in [2.75, 3.05) is 25.4 Å². The average Bonchev–Trinajstić information content (AvgIpc) is 2.34. The van der Waals surface area contributed by atoms with Gasteiger partial charge in [0.05, 0.1) is 31.0 Å². The Hall–Kier alpha value is -1.01. The Balaban J connectivity index is 2.61. The molecule has 0 bridgehead atoms. The zero-order valence-electron chi connectivity index (χ0n) is 11.2. The van der Waals surface area contributed by atoms with E-state index >= 15 is 0 Å². The minimum absolute atomic E-state index is 0.140. The van der Waals surface area contributed by atoms with E-state index < -0.39 is 0 Å². The molecule has 6 heteroatoms. The molecule has 1 rings (SSSR count). The highest BCUT2D eigenvalue weighted by molar-refractivity contribution is 7.99. The summed E-state index contributed by atoms with van der Waals surface area (Å²) in [5.74, 6) is 0.740. The van der Waals surface area contributed by atoms with Gasteiger partial charge in [-0.2, -0.15) is 4.98 Å². The molecule has 18 heavy (non-hydrogen) atoms. The zero-order chi connectivity index (χ0) is 13.5. The van der Waals surface area contributed by atoms with Crippen molar-refractivity contribution in [1.82, 2.24) is 9.97 Å². The summed E-state index contributed by atoms with van der Waals surface area (Å²) in [6, 6.07) is 0. The van der Waals surface area contributed by atoms with E-state index in [1.807, 2.05) is 6.92 Å². The van der Waals surface area contributed by atoms with E-state index in [2.05, 4.69) is 23.8 Å². The SMILES string of the molecule is CCc1c(O)nc(SCC[NH+](CC)CC)[nH]c1=O. The highest BCUT2D eigenvalue weighted by Gasteiger charge is 2.10. The molecular formula is C12H22N3O2S+. The molecule has 0 aliphatic heterocycles. The fourth-order valence-corrected chi connectivity index (χ4v) is 2.65. The first kappa shape index (κ1) is 15.0. The van der Waals surface area contributed by atoms with Gasteiger partial charge in [-0.15, -0.1) is 0 Å². The lowest BCUT2D eigenvalue weighted by molar-refractivity contribution is -0.893. The molecule has 0 radical (unpaired) electrons. The molecule has 5 nitrogen and oxygen atoms in total. The highest BCUT2D eigenvalue weighted by Crippen LogP contribution is 2.15. The van der Waals surface area contributed by atoms with Crippen LogP contribution in [0.5, 0.6) is 5.88 Å². The first-order chi connectivity index (χ1) is 8.62. The number of nitrogens with one attached hydrogen (secondary N) is 2. The maximum atomic E-state index is 11.6. The lowest BCUT2D eigenvalue weighted by atomic mass is 10.2. The quantitative estimate of drug-likeness (QED) is 0.485. The number of nitrogens with zero attached hydrogens (tertiary/aromatic N) is 1. The summed E-state index contributed by atoms with van der Waals surface area (Å²) in [5, 5.41) is 10.1. The summed E-state index contributed by atoms with van der Waals surface area (Å²) in [4.78, 5) is 19.9. The van der Waals surface area contributed by atoms with E-state index in [0.717, 1.165) is 25.4 Å². The topological polar surface area (TPSA) is 70.4 Å². The van der Waals surface area contributed by atoms with E-state index in [9.17, 15) is 9.90 Å². The van der Waals surface area contributed by atoms with Crippen LogP contribution in [0.25, 0.3) is 0 Å². The third kappa shape index (κ3) is 4.03. The van der Waals surface area contributed by atoms with Gasteiger partial charge in [-0.05, 0) is 20.3 Å². The second-order valence-electron chi connectivity index (χ2n) is 4.08. The molecule has 1 heterocycles. The number of aromatic hydroxyl groups is 1. The van der Waals surface area contributed by atoms with Crippen LogP contribution >= 0.6 is 11.8 Å². The normalized spacial score (nSPS) is 11.1. The van der Waals surface area contributed by atoms with Crippen LogP contribution in [-0.4, -0.2) is 40.5 Å². The van der Waals surface area contributed by atoms with Crippen molar-refractivity contribution in [3.05, 3.63) is 15.9 Å². The van der Waals surface area contributed by atoms with Crippen molar-refractivity contribution in [3.63, 3.8) is 0 Å². The van der Waals surface area contributed by atoms with Gasteiger partial charge in [-0.1, -0.05) is 18.7 Å². The van der Waals surface area contributed by atoms with E-state index in [1.54, 1.807) is 0 Å². The maximum Gasteiger partial charge on any atom is 0.258 e. The fourth-order valence-electron chi connectivity index (χ4n) is 1.75. The molecular weight excluding hydrogens is 250 g/mol. The number of aromatic amines is 1. The lowest BCUT2D eigenvalue weighted by Crippen LogP contribution is -3.11. The molecule has 0 aliphatic rings. The van der Waals surface area contributed by atoms with Gasteiger partial charge in [0.2, 0.25) is 5.88 Å². The molecule has 102 valence electrons. The van der Waals surface area contributed by atoms with Crippen LogP contribution in [0.15, 0.2) is 9.95 Å². The van der Waals surface area contributed by atoms with Crippen LogP contribution in [0.4, 0.5) is 0 Å². The molecule has 0 amide bonds. The smallest absolute Gasteiger partial charge is 0.258 e. The molecule has 1 aromatic rings. The maximum absolute atomic E-state index is 11.6. The minimum Gasteiger partial charge on any atom is -0.493 e. The highest BCUT2D eigenvalue weighted by atomic mass is 32.2. The number of rotatable bonds is 7. The number of hydrogen-bond donors (Lipinski definition) is 3. The van der Waals surface area contributed by atoms with Gasteiger partial charge in [0.1, 0.15) is 0 Å². The summed E-state index contributed by atoms with van der Waals surface area (Å²) in [5.41, 5.74) is 0.122. The second kappa shape index (κ2) is 7.43. The van der Waals surface area contributed by atoms with Crippen molar-refractivity contribution in [1.29, 1.82) is 0 Å². The largest absolute Gasteiger partial charge is 0.493 e. The van der Waals surface area contributed by atoms with Crippen LogP contribution in [0.3, 0.4) is 0 Å². The summed E-state index contributed by atoms with van der Waals surface area (Å²) in [6.07, 6.45) is 0.489. The average molecular weight is 272 g/mol. The predicted molar refractivity (Wildman–Crippen MR) is 73.5 cm³/mol. The molecule has 0 atom stereocenters. The van der Waals surface area contributed by atoms with Crippen molar-refractivity contribution < 1.29 is 10.0 Å². The van der Waals surface area contributed by atoms with Crippen molar-refractivity contribution in [3.8, 4) is 5.88 Å². The van der Waals surface area contributed by atoms with Crippen LogP contribution in [0.1, 0.15) is 26.3 Å². The first-order valence-corrected chi connectivity index (χ1v) is 7.39. The Labute approximate surface area is 112 Å². The summed E-state index contributed by atoms with van der Waals surface area (Å²) >= 11 is 1.48. The molecule has 0 spiro atoms. The van der Waals surface area contributed by atoms with Crippen LogP contribution in [0, 0.1) is 0 Å². The third-order valence-corrected chi connectivity index (χ3v) is 3.89. The van der Waals surface area contributed by atoms with Gasteiger partial charge in [0.15, 0.2) is 5.16 Å². The zero-order valence-corrected chi connectivity index (χ0v) is 12.1. The van der Waals surface area contributed by atoms with Crippen molar-refractivity contribution in [2.24, 2.45) is 0 Å². The van der Waals surface area contributed by atoms with Gasteiger partial charge in [0.25, 0.3) is 5.56 Å². The Morgan fingerprint density at radius 2 is 2.00 bits per heavy atom. The molecule has 0 aromatic carbocycles.